The molecule has 0 spiro atoms. The lowest BCUT2D eigenvalue weighted by molar-refractivity contribution is -0.389. The molecule has 0 radical (unpaired) electrons. The average molecular weight is 687 g/mol. The Hall–Kier alpha value is -2.17. The Morgan fingerprint density at radius 1 is 1.05 bits per heavy atom. The zero-order valence-electron chi connectivity index (χ0n) is 19.4. The van der Waals surface area contributed by atoms with Gasteiger partial charge in [0.15, 0.2) is 9.82 Å². The fourth-order valence-electron chi connectivity index (χ4n) is 3.49. The number of alkyl halides is 9. The predicted molar refractivity (Wildman–Crippen MR) is 133 cm³/mol. The maximum absolute atomic E-state index is 15.0. The zero-order valence-corrected chi connectivity index (χ0v) is 23.3. The van der Waals surface area contributed by atoms with Crippen molar-refractivity contribution in [3.8, 4) is 0 Å². The van der Waals surface area contributed by atoms with Crippen LogP contribution in [0.1, 0.15) is 34.0 Å². The SMILES string of the molecule is CCc1cc(C(F)(C(F)(F)F)C(F)(F)C(F)(F)F)cc(C)c1NC(=O)c1ccc(/N=c2/ssnc2Cl)c(Br)c1. The lowest BCUT2D eigenvalue weighted by Crippen LogP contribution is -2.59. The third-order valence-corrected chi connectivity index (χ3v) is 8.26. The Morgan fingerprint density at radius 2 is 1.69 bits per heavy atom. The maximum atomic E-state index is 15.0. The topological polar surface area (TPSA) is 54.4 Å². The van der Waals surface area contributed by atoms with Crippen molar-refractivity contribution in [3.63, 3.8) is 0 Å². The van der Waals surface area contributed by atoms with Crippen LogP contribution in [0.3, 0.4) is 0 Å². The van der Waals surface area contributed by atoms with Crippen molar-refractivity contribution in [2.75, 3.05) is 5.32 Å². The normalized spacial score (nSPS) is 14.8. The molecule has 0 bridgehead atoms. The minimum absolute atomic E-state index is 0.0308. The summed E-state index contributed by atoms with van der Waals surface area (Å²) in [5.74, 6) is -7.60. The Labute approximate surface area is 235 Å². The largest absolute Gasteiger partial charge is 0.457 e. The summed E-state index contributed by atoms with van der Waals surface area (Å²) in [5.41, 5.74) is -8.44. The molecule has 17 heteroatoms. The third-order valence-electron chi connectivity index (χ3n) is 5.46. The third kappa shape index (κ3) is 5.84. The summed E-state index contributed by atoms with van der Waals surface area (Å²) in [5, 5.41) is 2.58. The van der Waals surface area contributed by atoms with Crippen molar-refractivity contribution in [1.82, 2.24) is 4.37 Å². The van der Waals surface area contributed by atoms with E-state index in [9.17, 15) is 44.3 Å². The standard InChI is InChI=1S/C22H14BrClF9N3OS2/c1-3-10-7-12(19(25,21(28,29)30)20(26,27)22(31,32)33)6-9(2)15(10)35-17(37)11-4-5-14(13(23)8-11)34-18-16(24)36-39-38-18/h4-8H,3H2,1-2H3,(H,35,37)/b34-18+. The van der Waals surface area contributed by atoms with Gasteiger partial charge in [0.05, 0.1) is 5.69 Å². The van der Waals surface area contributed by atoms with Crippen molar-refractivity contribution in [2.45, 2.75) is 44.2 Å². The molecule has 1 unspecified atom stereocenters. The number of nitrogens with one attached hydrogen (secondary N) is 1. The minimum Gasteiger partial charge on any atom is -0.321 e. The van der Waals surface area contributed by atoms with Gasteiger partial charge < -0.3 is 5.32 Å². The second kappa shape index (κ2) is 11.0. The first-order valence-corrected chi connectivity index (χ1v) is 13.7. The molecule has 0 aliphatic carbocycles. The van der Waals surface area contributed by atoms with Gasteiger partial charge in [-0.3, -0.25) is 4.79 Å². The molecule has 1 amide bonds. The van der Waals surface area contributed by atoms with Gasteiger partial charge >= 0.3 is 23.9 Å². The smallest absolute Gasteiger partial charge is 0.321 e. The van der Waals surface area contributed by atoms with Crippen LogP contribution in [0.4, 0.5) is 50.9 Å². The number of rotatable bonds is 6. The molecule has 3 aromatic rings. The van der Waals surface area contributed by atoms with E-state index in [-0.39, 0.29) is 46.1 Å². The second-order valence-electron chi connectivity index (χ2n) is 7.99. The van der Waals surface area contributed by atoms with Crippen molar-refractivity contribution in [2.24, 2.45) is 4.99 Å². The number of anilines is 1. The van der Waals surface area contributed by atoms with Gasteiger partial charge in [-0.2, -0.15) is 39.5 Å². The number of hydrogen-bond acceptors (Lipinski definition) is 5. The zero-order chi connectivity index (χ0) is 29.6. The van der Waals surface area contributed by atoms with Crippen LogP contribution in [0.15, 0.2) is 39.8 Å². The molecule has 0 aliphatic rings. The number of carbonyl (C=O) groups is 1. The van der Waals surface area contributed by atoms with E-state index in [1.54, 1.807) is 0 Å². The monoisotopic (exact) mass is 685 g/mol. The van der Waals surface area contributed by atoms with Gasteiger partial charge in [-0.05, 0) is 75.0 Å². The Morgan fingerprint density at radius 3 is 2.18 bits per heavy atom. The Balaban J connectivity index is 2.03. The number of hydrogen-bond donors (Lipinski definition) is 1. The van der Waals surface area contributed by atoms with E-state index in [2.05, 4.69) is 30.6 Å². The van der Waals surface area contributed by atoms with Crippen molar-refractivity contribution < 1.29 is 44.3 Å². The first kappa shape index (κ1) is 31.4. The molecule has 212 valence electrons. The van der Waals surface area contributed by atoms with Crippen LogP contribution in [0.5, 0.6) is 0 Å². The molecule has 1 aromatic heterocycles. The maximum Gasteiger partial charge on any atom is 0.457 e. The van der Waals surface area contributed by atoms with Gasteiger partial charge in [0.1, 0.15) is 0 Å². The van der Waals surface area contributed by atoms with Crippen LogP contribution in [-0.2, 0) is 12.1 Å². The van der Waals surface area contributed by atoms with Gasteiger partial charge in [0.25, 0.3) is 5.91 Å². The molecule has 0 saturated carbocycles. The highest BCUT2D eigenvalue weighted by molar-refractivity contribution is 9.10. The molecule has 1 N–H and O–H groups in total. The number of aromatic nitrogens is 1. The van der Waals surface area contributed by atoms with Crippen molar-refractivity contribution >= 4 is 65.7 Å². The van der Waals surface area contributed by atoms with E-state index >= 15 is 0 Å². The van der Waals surface area contributed by atoms with Crippen LogP contribution >= 0.6 is 48.4 Å². The molecule has 4 nitrogen and oxygen atoms in total. The van der Waals surface area contributed by atoms with E-state index in [4.69, 9.17) is 11.6 Å². The van der Waals surface area contributed by atoms with Crippen molar-refractivity contribution in [1.29, 1.82) is 0 Å². The highest BCUT2D eigenvalue weighted by Gasteiger charge is 2.81. The van der Waals surface area contributed by atoms with Crippen LogP contribution in [-0.4, -0.2) is 28.6 Å². The summed E-state index contributed by atoms with van der Waals surface area (Å²) in [6, 6.07) is 4.62. The van der Waals surface area contributed by atoms with Gasteiger partial charge in [0.2, 0.25) is 0 Å². The fourth-order valence-corrected chi connectivity index (χ4v) is 5.95. The van der Waals surface area contributed by atoms with Gasteiger partial charge in [0, 0.05) is 31.8 Å². The quantitative estimate of drug-likeness (QED) is 0.208. The molecule has 1 atom stereocenters. The number of amides is 1. The van der Waals surface area contributed by atoms with Crippen LogP contribution in [0.2, 0.25) is 5.15 Å². The number of carbonyl (C=O) groups excluding carboxylic acids is 1. The molecule has 1 heterocycles. The summed E-state index contributed by atoms with van der Waals surface area (Å²) in [7, 11) is 2.32. The first-order valence-electron chi connectivity index (χ1n) is 10.5. The van der Waals surface area contributed by atoms with Gasteiger partial charge in [-0.25, -0.2) is 9.38 Å². The predicted octanol–water partition coefficient (Wildman–Crippen LogP) is 8.90. The van der Waals surface area contributed by atoms with E-state index in [1.165, 1.54) is 35.5 Å². The summed E-state index contributed by atoms with van der Waals surface area (Å²) in [6.07, 6.45) is -13.7. The summed E-state index contributed by atoms with van der Waals surface area (Å²) < 4.78 is 127. The molecule has 0 fully saturated rings. The molecule has 39 heavy (non-hydrogen) atoms. The number of aryl methyl sites for hydroxylation is 2. The summed E-state index contributed by atoms with van der Waals surface area (Å²) in [6.45, 7) is 2.38. The molecule has 0 saturated heterocycles. The lowest BCUT2D eigenvalue weighted by Gasteiger charge is -2.36. The molecule has 3 rings (SSSR count). The molecular weight excluding hydrogens is 673 g/mol. The van der Waals surface area contributed by atoms with E-state index in [1.807, 2.05) is 0 Å². The fraction of sp³-hybridized carbons (Fsp3) is 0.318. The highest BCUT2D eigenvalue weighted by atomic mass is 79.9. The van der Waals surface area contributed by atoms with Crippen LogP contribution < -0.4 is 9.99 Å². The number of nitrogens with zero attached hydrogens (tertiary/aromatic N) is 2. The average Bonchev–Trinajstić information content (AvgIpc) is 3.23. The molecule has 2 aromatic carbocycles. The molecular formula is C22H14BrClF9N3OS2. The first-order chi connectivity index (χ1) is 17.8. The summed E-state index contributed by atoms with van der Waals surface area (Å²) in [4.78, 5) is 17.2. The van der Waals surface area contributed by atoms with Crippen LogP contribution in [0, 0.1) is 6.92 Å². The molecule has 0 aliphatic heterocycles. The van der Waals surface area contributed by atoms with Crippen molar-refractivity contribution in [3.05, 3.63) is 66.9 Å². The van der Waals surface area contributed by atoms with E-state index in [0.29, 0.717) is 14.8 Å². The highest BCUT2D eigenvalue weighted by Crippen LogP contribution is 2.58. The lowest BCUT2D eigenvalue weighted by atomic mass is 9.85. The van der Waals surface area contributed by atoms with Gasteiger partial charge in [-0.1, -0.05) is 24.6 Å². The van der Waals surface area contributed by atoms with E-state index < -0.39 is 35.4 Å². The van der Waals surface area contributed by atoms with Crippen LogP contribution in [0.25, 0.3) is 0 Å². The Bertz CT molecular complexity index is 1470. The van der Waals surface area contributed by atoms with E-state index in [0.717, 1.165) is 17.5 Å². The second-order valence-corrected chi connectivity index (χ2v) is 11.0. The Kier molecular flexibility index (Phi) is 8.85. The number of halogens is 11. The minimum atomic E-state index is -6.85. The number of benzene rings is 2. The summed E-state index contributed by atoms with van der Waals surface area (Å²) >= 11 is 9.18. The van der Waals surface area contributed by atoms with Gasteiger partial charge in [-0.15, -0.1) is 0 Å².